The molecule has 7 heteroatoms. The van der Waals surface area contributed by atoms with Crippen LogP contribution in [0.5, 0.6) is 0 Å². The Morgan fingerprint density at radius 1 is 1.26 bits per heavy atom. The van der Waals surface area contributed by atoms with Crippen molar-refractivity contribution in [2.24, 2.45) is 0 Å². The lowest BCUT2D eigenvalue weighted by Crippen LogP contribution is -2.36. The van der Waals surface area contributed by atoms with E-state index in [9.17, 15) is 22.8 Å². The number of carboxylic acids is 1. The largest absolute Gasteiger partial charge is 0.480 e. The zero-order valence-corrected chi connectivity index (χ0v) is 9.57. The van der Waals surface area contributed by atoms with E-state index >= 15 is 0 Å². The normalized spacial score (nSPS) is 23.2. The van der Waals surface area contributed by atoms with Gasteiger partial charge < -0.3 is 10.4 Å². The van der Waals surface area contributed by atoms with E-state index in [2.05, 4.69) is 5.32 Å². The summed E-state index contributed by atoms with van der Waals surface area (Å²) in [5, 5.41) is 11.2. The molecule has 0 unspecified atom stereocenters. The van der Waals surface area contributed by atoms with E-state index in [1.165, 1.54) is 12.1 Å². The molecule has 1 aromatic carbocycles. The summed E-state index contributed by atoms with van der Waals surface area (Å²) in [4.78, 5) is 22.2. The molecule has 0 spiro atoms. The van der Waals surface area contributed by atoms with Gasteiger partial charge in [-0.3, -0.25) is 4.79 Å². The highest BCUT2D eigenvalue weighted by Gasteiger charge is 2.38. The molecular formula is C12H10F3NO3. The Morgan fingerprint density at radius 2 is 1.84 bits per heavy atom. The van der Waals surface area contributed by atoms with Crippen LogP contribution >= 0.6 is 0 Å². The highest BCUT2D eigenvalue weighted by Crippen LogP contribution is 2.33. The zero-order valence-electron chi connectivity index (χ0n) is 9.57. The molecule has 102 valence electrons. The Balaban J connectivity index is 2.27. The number of amides is 1. The van der Waals surface area contributed by atoms with Crippen LogP contribution < -0.4 is 5.32 Å². The number of nitrogens with one attached hydrogen (secondary N) is 1. The predicted molar refractivity (Wildman–Crippen MR) is 58.4 cm³/mol. The minimum atomic E-state index is -4.44. The molecule has 2 atom stereocenters. The minimum absolute atomic E-state index is 0.0394. The van der Waals surface area contributed by atoms with Crippen molar-refractivity contribution in [1.29, 1.82) is 0 Å². The van der Waals surface area contributed by atoms with Crippen molar-refractivity contribution in [3.8, 4) is 0 Å². The third-order valence-electron chi connectivity index (χ3n) is 3.06. The van der Waals surface area contributed by atoms with Gasteiger partial charge in [-0.2, -0.15) is 13.2 Å². The van der Waals surface area contributed by atoms with Crippen molar-refractivity contribution in [2.45, 2.75) is 24.6 Å². The van der Waals surface area contributed by atoms with Crippen LogP contribution in [-0.4, -0.2) is 23.0 Å². The van der Waals surface area contributed by atoms with E-state index in [1.807, 2.05) is 0 Å². The average molecular weight is 273 g/mol. The molecule has 1 heterocycles. The minimum Gasteiger partial charge on any atom is -0.480 e. The molecule has 0 aromatic heterocycles. The molecule has 19 heavy (non-hydrogen) atoms. The van der Waals surface area contributed by atoms with Gasteiger partial charge in [0, 0.05) is 12.3 Å². The number of carbonyl (C=O) groups is 2. The maximum absolute atomic E-state index is 12.4. The van der Waals surface area contributed by atoms with Crippen molar-refractivity contribution < 1.29 is 27.9 Å². The van der Waals surface area contributed by atoms with Crippen LogP contribution in [0.2, 0.25) is 0 Å². The molecule has 1 amide bonds. The molecule has 2 N–H and O–H groups in total. The molecule has 2 rings (SSSR count). The molecule has 0 bridgehead atoms. The molecule has 4 nitrogen and oxygen atoms in total. The third kappa shape index (κ3) is 2.69. The molecule has 1 saturated heterocycles. The van der Waals surface area contributed by atoms with E-state index in [-0.39, 0.29) is 6.42 Å². The van der Waals surface area contributed by atoms with E-state index in [0.29, 0.717) is 5.56 Å². The smallest absolute Gasteiger partial charge is 0.416 e. The number of carboxylic acid groups (broad SMARTS) is 1. The number of benzene rings is 1. The first-order valence-corrected chi connectivity index (χ1v) is 5.48. The lowest BCUT2D eigenvalue weighted by Gasteiger charge is -2.15. The summed E-state index contributed by atoms with van der Waals surface area (Å²) in [5.74, 6) is -2.26. The highest BCUT2D eigenvalue weighted by atomic mass is 19.4. The zero-order chi connectivity index (χ0) is 14.2. The van der Waals surface area contributed by atoms with Gasteiger partial charge in [0.15, 0.2) is 0 Å². The summed E-state index contributed by atoms with van der Waals surface area (Å²) in [6.07, 6.45) is -4.48. The number of hydrogen-bond acceptors (Lipinski definition) is 2. The van der Waals surface area contributed by atoms with Crippen LogP contribution in [0.15, 0.2) is 24.3 Å². The van der Waals surface area contributed by atoms with Gasteiger partial charge in [0.05, 0.1) is 5.56 Å². The molecule has 1 aromatic rings. The Bertz CT molecular complexity index is 510. The Labute approximate surface area is 106 Å². The van der Waals surface area contributed by atoms with Crippen LogP contribution in [0, 0.1) is 0 Å². The number of hydrogen-bond donors (Lipinski definition) is 2. The first kappa shape index (κ1) is 13.4. The summed E-state index contributed by atoms with van der Waals surface area (Å²) in [6, 6.07) is 3.10. The van der Waals surface area contributed by atoms with Crippen LogP contribution in [0.3, 0.4) is 0 Å². The Hall–Kier alpha value is -2.05. The highest BCUT2D eigenvalue weighted by molar-refractivity contribution is 5.89. The summed E-state index contributed by atoms with van der Waals surface area (Å²) in [6.45, 7) is 0. The molecule has 0 aliphatic carbocycles. The monoisotopic (exact) mass is 273 g/mol. The van der Waals surface area contributed by atoms with Crippen molar-refractivity contribution in [3.63, 3.8) is 0 Å². The summed E-state index contributed by atoms with van der Waals surface area (Å²) < 4.78 is 37.2. The van der Waals surface area contributed by atoms with Gasteiger partial charge in [-0.15, -0.1) is 0 Å². The SMILES string of the molecule is O=C1C[C@H](c2ccc(C(F)(F)F)cc2)[C@@H](C(=O)O)N1. The third-order valence-corrected chi connectivity index (χ3v) is 3.06. The predicted octanol–water partition coefficient (Wildman–Crippen LogP) is 1.76. The van der Waals surface area contributed by atoms with Crippen LogP contribution in [0.4, 0.5) is 13.2 Å². The molecular weight excluding hydrogens is 263 g/mol. The van der Waals surface area contributed by atoms with E-state index in [0.717, 1.165) is 12.1 Å². The van der Waals surface area contributed by atoms with Gasteiger partial charge in [-0.1, -0.05) is 12.1 Å². The van der Waals surface area contributed by atoms with Gasteiger partial charge in [-0.25, -0.2) is 4.79 Å². The lowest BCUT2D eigenvalue weighted by molar-refractivity contribution is -0.140. The van der Waals surface area contributed by atoms with Gasteiger partial charge >= 0.3 is 12.1 Å². The second-order valence-electron chi connectivity index (χ2n) is 4.31. The van der Waals surface area contributed by atoms with Crippen molar-refractivity contribution in [1.82, 2.24) is 5.32 Å². The number of alkyl halides is 3. The fraction of sp³-hybridized carbons (Fsp3) is 0.333. The lowest BCUT2D eigenvalue weighted by atomic mass is 9.91. The first-order valence-electron chi connectivity index (χ1n) is 5.48. The number of halogens is 3. The van der Waals surface area contributed by atoms with Gasteiger partial charge in [0.2, 0.25) is 5.91 Å². The maximum Gasteiger partial charge on any atom is 0.416 e. The van der Waals surface area contributed by atoms with Crippen molar-refractivity contribution in [2.75, 3.05) is 0 Å². The molecule has 1 fully saturated rings. The Morgan fingerprint density at radius 3 is 2.32 bits per heavy atom. The molecule has 0 radical (unpaired) electrons. The maximum atomic E-state index is 12.4. The van der Waals surface area contributed by atoms with E-state index in [4.69, 9.17) is 5.11 Å². The fourth-order valence-electron chi connectivity index (χ4n) is 2.11. The fourth-order valence-corrected chi connectivity index (χ4v) is 2.11. The van der Waals surface area contributed by atoms with Gasteiger partial charge in [0.1, 0.15) is 6.04 Å². The first-order chi connectivity index (χ1) is 8.79. The summed E-state index contributed by atoms with van der Waals surface area (Å²) in [7, 11) is 0. The summed E-state index contributed by atoms with van der Waals surface area (Å²) in [5.41, 5.74) is -0.404. The van der Waals surface area contributed by atoms with Crippen molar-refractivity contribution in [3.05, 3.63) is 35.4 Å². The number of rotatable bonds is 2. The topological polar surface area (TPSA) is 66.4 Å². The second kappa shape index (κ2) is 4.56. The molecule has 1 aliphatic heterocycles. The van der Waals surface area contributed by atoms with E-state index < -0.39 is 35.6 Å². The van der Waals surface area contributed by atoms with Crippen molar-refractivity contribution >= 4 is 11.9 Å². The number of carbonyl (C=O) groups excluding carboxylic acids is 1. The van der Waals surface area contributed by atoms with Crippen LogP contribution in [-0.2, 0) is 15.8 Å². The second-order valence-corrected chi connectivity index (χ2v) is 4.31. The number of aliphatic carboxylic acids is 1. The average Bonchev–Trinajstić information content (AvgIpc) is 2.70. The van der Waals surface area contributed by atoms with Gasteiger partial charge in [-0.05, 0) is 17.7 Å². The molecule has 0 saturated carbocycles. The van der Waals surface area contributed by atoms with Crippen LogP contribution in [0.1, 0.15) is 23.5 Å². The van der Waals surface area contributed by atoms with Crippen LogP contribution in [0.25, 0.3) is 0 Å². The quantitative estimate of drug-likeness (QED) is 0.862. The van der Waals surface area contributed by atoms with E-state index in [1.54, 1.807) is 0 Å². The Kier molecular flexibility index (Phi) is 3.21. The standard InChI is InChI=1S/C12H10F3NO3/c13-12(14,15)7-3-1-6(2-4-7)8-5-9(17)16-10(8)11(18)19/h1-4,8,10H,5H2,(H,16,17)(H,18,19)/t8-,10+/m1/s1. The van der Waals surface area contributed by atoms with Gasteiger partial charge in [0.25, 0.3) is 0 Å². The summed E-state index contributed by atoms with van der Waals surface area (Å²) >= 11 is 0. The molecule has 1 aliphatic rings.